The van der Waals surface area contributed by atoms with Gasteiger partial charge in [-0.25, -0.2) is 4.79 Å². The molecule has 20 heteroatoms. The summed E-state index contributed by atoms with van der Waals surface area (Å²) in [6, 6.07) is 5.50. The molecule has 5 amide bonds. The summed E-state index contributed by atoms with van der Waals surface area (Å²) in [5.74, 6) is -8.94. The van der Waals surface area contributed by atoms with E-state index in [1.165, 1.54) is 12.1 Å². The highest BCUT2D eigenvalue weighted by Crippen LogP contribution is 2.19. The molecule has 20 nitrogen and oxygen atoms in total. The number of carboxylic acids is 3. The van der Waals surface area contributed by atoms with Crippen LogP contribution in [0.3, 0.4) is 0 Å². The van der Waals surface area contributed by atoms with Crippen molar-refractivity contribution in [3.8, 4) is 5.75 Å². The number of nitrogens with one attached hydrogen (secondary N) is 6. The van der Waals surface area contributed by atoms with Crippen molar-refractivity contribution in [2.75, 3.05) is 6.54 Å². The molecule has 0 saturated carbocycles. The van der Waals surface area contributed by atoms with Gasteiger partial charge < -0.3 is 62.8 Å². The average Bonchev–Trinajstić information content (AvgIpc) is 3.55. The monoisotopic (exact) mass is 783 g/mol. The highest BCUT2D eigenvalue weighted by molar-refractivity contribution is 5.96. The van der Waals surface area contributed by atoms with Crippen molar-refractivity contribution in [1.29, 1.82) is 0 Å². The number of hydrogen-bond donors (Lipinski definition) is 12. The van der Waals surface area contributed by atoms with Crippen LogP contribution in [0.4, 0.5) is 0 Å². The maximum absolute atomic E-state index is 13.7. The Labute approximate surface area is 319 Å². The maximum atomic E-state index is 13.7. The molecule has 1 aromatic heterocycles. The SMILES string of the molecule is CC(O)C(NC(=O)CNC(=O)C(Cc1c[nH]c2ccccc12)NC(=O)C(CCC(=O)O)NC(=O)C(N)Cc1ccc(O)cc1)C(=O)NC(CCC(=O)O)C(=O)O. The first-order valence-corrected chi connectivity index (χ1v) is 17.4. The minimum atomic E-state index is -1.72. The van der Waals surface area contributed by atoms with Gasteiger partial charge in [0.15, 0.2) is 0 Å². The molecular formula is C36H45N7O13. The quantitative estimate of drug-likeness (QED) is 0.0537. The highest BCUT2D eigenvalue weighted by atomic mass is 16.4. The van der Waals surface area contributed by atoms with Crippen LogP contribution in [0.2, 0.25) is 0 Å². The molecule has 3 aromatic rings. The van der Waals surface area contributed by atoms with Crippen LogP contribution in [-0.4, -0.2) is 121 Å². The Kier molecular flexibility index (Phi) is 16.3. The number of nitrogens with two attached hydrogens (primary N) is 1. The van der Waals surface area contributed by atoms with Crippen LogP contribution < -0.4 is 32.3 Å². The van der Waals surface area contributed by atoms with Crippen LogP contribution in [0.15, 0.2) is 54.7 Å². The lowest BCUT2D eigenvalue weighted by atomic mass is 10.0. The number of aliphatic hydroxyl groups is 1. The van der Waals surface area contributed by atoms with Gasteiger partial charge in [0.2, 0.25) is 29.5 Å². The molecule has 0 fully saturated rings. The number of fused-ring (bicyclic) bond motifs is 1. The van der Waals surface area contributed by atoms with Crippen LogP contribution in [0.25, 0.3) is 10.9 Å². The molecule has 0 radical (unpaired) electrons. The normalized spacial score (nSPS) is 14.2. The number of carbonyl (C=O) groups excluding carboxylic acids is 5. The van der Waals surface area contributed by atoms with Crippen molar-refractivity contribution >= 4 is 58.3 Å². The number of amides is 5. The van der Waals surface area contributed by atoms with Crippen molar-refractivity contribution < 1.29 is 63.9 Å². The Morgan fingerprint density at radius 3 is 1.91 bits per heavy atom. The number of para-hydroxylation sites is 1. The second kappa shape index (κ2) is 20.8. The van der Waals surface area contributed by atoms with Crippen molar-refractivity contribution in [3.05, 3.63) is 65.9 Å². The lowest BCUT2D eigenvalue weighted by Gasteiger charge is -2.25. The summed E-state index contributed by atoms with van der Waals surface area (Å²) in [6.07, 6.45) is -2.12. The number of aliphatic carboxylic acids is 3. The predicted octanol–water partition coefficient (Wildman–Crippen LogP) is -1.76. The van der Waals surface area contributed by atoms with E-state index in [0.29, 0.717) is 22.0 Å². The molecule has 0 aliphatic rings. The number of H-pyrrole nitrogens is 1. The van der Waals surface area contributed by atoms with Gasteiger partial charge in [0.25, 0.3) is 0 Å². The average molecular weight is 784 g/mol. The third-order valence-electron chi connectivity index (χ3n) is 8.51. The van der Waals surface area contributed by atoms with E-state index in [-0.39, 0.29) is 25.0 Å². The Balaban J connectivity index is 1.77. The number of aromatic nitrogens is 1. The number of rotatable bonds is 22. The molecule has 0 spiro atoms. The lowest BCUT2D eigenvalue weighted by Crippen LogP contribution is -2.58. The summed E-state index contributed by atoms with van der Waals surface area (Å²) < 4.78 is 0. The zero-order chi connectivity index (χ0) is 41.5. The van der Waals surface area contributed by atoms with Gasteiger partial charge in [-0.05, 0) is 55.5 Å². The molecule has 56 heavy (non-hydrogen) atoms. The Bertz CT molecular complexity index is 1900. The highest BCUT2D eigenvalue weighted by Gasteiger charge is 2.32. The molecule has 6 unspecified atom stereocenters. The van der Waals surface area contributed by atoms with Gasteiger partial charge in [0.1, 0.15) is 29.9 Å². The molecule has 1 heterocycles. The zero-order valence-electron chi connectivity index (χ0n) is 30.2. The molecule has 2 aromatic carbocycles. The molecule has 6 atom stereocenters. The topological polar surface area (TPSA) is 340 Å². The summed E-state index contributed by atoms with van der Waals surface area (Å²) in [6.45, 7) is 0.324. The number of aromatic amines is 1. The Hall–Kier alpha value is -6.54. The van der Waals surface area contributed by atoms with Crippen LogP contribution in [0.1, 0.15) is 43.7 Å². The number of hydrogen-bond acceptors (Lipinski definition) is 11. The Morgan fingerprint density at radius 2 is 1.30 bits per heavy atom. The van der Waals surface area contributed by atoms with Gasteiger partial charge in [-0.1, -0.05) is 30.3 Å². The maximum Gasteiger partial charge on any atom is 0.326 e. The van der Waals surface area contributed by atoms with E-state index in [1.54, 1.807) is 42.6 Å². The van der Waals surface area contributed by atoms with Crippen molar-refractivity contribution in [2.24, 2.45) is 5.73 Å². The number of phenols is 1. The minimum Gasteiger partial charge on any atom is -0.508 e. The molecule has 13 N–H and O–H groups in total. The third kappa shape index (κ3) is 13.7. The second-order valence-electron chi connectivity index (χ2n) is 12.9. The summed E-state index contributed by atoms with van der Waals surface area (Å²) >= 11 is 0. The van der Waals surface area contributed by atoms with E-state index in [0.717, 1.165) is 6.92 Å². The lowest BCUT2D eigenvalue weighted by molar-refractivity contribution is -0.144. The second-order valence-corrected chi connectivity index (χ2v) is 12.9. The van der Waals surface area contributed by atoms with Gasteiger partial charge in [0.05, 0.1) is 18.7 Å². The third-order valence-corrected chi connectivity index (χ3v) is 8.51. The van der Waals surface area contributed by atoms with E-state index in [1.807, 2.05) is 0 Å². The van der Waals surface area contributed by atoms with Gasteiger partial charge in [-0.3, -0.25) is 33.6 Å². The molecule has 0 aliphatic carbocycles. The number of carboxylic acid groups (broad SMARTS) is 3. The molecule has 302 valence electrons. The van der Waals surface area contributed by atoms with Crippen LogP contribution >= 0.6 is 0 Å². The zero-order valence-corrected chi connectivity index (χ0v) is 30.2. The smallest absolute Gasteiger partial charge is 0.326 e. The van der Waals surface area contributed by atoms with E-state index in [9.17, 15) is 58.8 Å². The molecule has 3 rings (SSSR count). The molecular weight excluding hydrogens is 738 g/mol. The Morgan fingerprint density at radius 1 is 0.714 bits per heavy atom. The van der Waals surface area contributed by atoms with E-state index < -0.39 is 110 Å². The fraction of sp³-hybridized carbons (Fsp3) is 0.389. The fourth-order valence-corrected chi connectivity index (χ4v) is 5.50. The molecule has 0 saturated heterocycles. The summed E-state index contributed by atoms with van der Waals surface area (Å²) in [7, 11) is 0. The van der Waals surface area contributed by atoms with Crippen molar-refractivity contribution in [2.45, 2.75) is 81.8 Å². The van der Waals surface area contributed by atoms with Crippen LogP contribution in [0, 0.1) is 0 Å². The minimum absolute atomic E-state index is 0.00205. The van der Waals surface area contributed by atoms with Crippen molar-refractivity contribution in [1.82, 2.24) is 31.6 Å². The number of phenolic OH excluding ortho intramolecular Hbond substituents is 1. The van der Waals surface area contributed by atoms with E-state index in [2.05, 4.69) is 31.6 Å². The van der Waals surface area contributed by atoms with Gasteiger partial charge in [-0.15, -0.1) is 0 Å². The predicted molar refractivity (Wildman–Crippen MR) is 196 cm³/mol. The first kappa shape index (κ1) is 43.9. The van der Waals surface area contributed by atoms with Gasteiger partial charge in [-0.2, -0.15) is 0 Å². The van der Waals surface area contributed by atoms with Gasteiger partial charge in [0, 0.05) is 36.4 Å². The molecule has 0 bridgehead atoms. The number of carbonyl (C=O) groups is 8. The largest absolute Gasteiger partial charge is 0.508 e. The van der Waals surface area contributed by atoms with Crippen LogP contribution in [0.5, 0.6) is 5.75 Å². The number of aromatic hydroxyl groups is 1. The standard InChI is InChI=1S/C36H45N7O13/c1-18(44)31(35(54)41-26(36(55)56)11-13-30(49)50)43-28(46)17-39-33(52)27(15-20-16-38-24-5-3-2-4-22(20)24)42-34(53)25(10-12-29(47)48)40-32(51)23(37)14-19-6-8-21(45)9-7-19/h2-9,16,18,23,25-27,31,38,44-45H,10-15,17,37H2,1H3,(H,39,52)(H,40,51)(H,41,54)(H,42,53)(H,43,46)(H,47,48)(H,49,50)(H,55,56). The summed E-state index contributed by atoms with van der Waals surface area (Å²) in [5, 5.41) is 59.5. The first-order chi connectivity index (χ1) is 26.4. The van der Waals surface area contributed by atoms with E-state index >= 15 is 0 Å². The van der Waals surface area contributed by atoms with Gasteiger partial charge >= 0.3 is 17.9 Å². The number of aliphatic hydroxyl groups excluding tert-OH is 1. The summed E-state index contributed by atoms with van der Waals surface area (Å²) in [4.78, 5) is 103. The fourth-order valence-electron chi connectivity index (χ4n) is 5.50. The van der Waals surface area contributed by atoms with Crippen LogP contribution in [-0.2, 0) is 51.2 Å². The number of benzene rings is 2. The summed E-state index contributed by atoms with van der Waals surface area (Å²) in [5.41, 5.74) is 7.93. The first-order valence-electron chi connectivity index (χ1n) is 17.4. The van der Waals surface area contributed by atoms with E-state index in [4.69, 9.17) is 10.8 Å². The molecule has 0 aliphatic heterocycles. The van der Waals surface area contributed by atoms with Crippen molar-refractivity contribution in [3.63, 3.8) is 0 Å².